The second-order valence-electron chi connectivity index (χ2n) is 6.50. The summed E-state index contributed by atoms with van der Waals surface area (Å²) < 4.78 is 18.9. The number of rotatable bonds is 3. The fourth-order valence-corrected chi connectivity index (χ4v) is 3.64. The maximum Gasteiger partial charge on any atom is 0.336 e. The van der Waals surface area contributed by atoms with Gasteiger partial charge in [0.05, 0.1) is 17.0 Å². The van der Waals surface area contributed by atoms with Crippen molar-refractivity contribution < 1.29 is 18.7 Å². The van der Waals surface area contributed by atoms with Crippen molar-refractivity contribution in [1.82, 2.24) is 0 Å². The van der Waals surface area contributed by atoms with Crippen LogP contribution in [0.5, 0.6) is 0 Å². The summed E-state index contributed by atoms with van der Waals surface area (Å²) in [5, 5.41) is 0. The van der Waals surface area contributed by atoms with Crippen molar-refractivity contribution in [2.45, 2.75) is 25.7 Å². The normalized spacial score (nSPS) is 19.6. The first-order valence-corrected chi connectivity index (χ1v) is 8.66. The fraction of sp³-hybridized carbons (Fsp3) is 0.238. The van der Waals surface area contributed by atoms with E-state index in [4.69, 9.17) is 4.74 Å². The van der Waals surface area contributed by atoms with Gasteiger partial charge in [0.1, 0.15) is 12.4 Å². The maximum atomic E-state index is 13.6. The summed E-state index contributed by atoms with van der Waals surface area (Å²) in [6, 6.07) is 13.8. The van der Waals surface area contributed by atoms with Crippen LogP contribution in [0.3, 0.4) is 0 Å². The molecule has 0 saturated heterocycles. The van der Waals surface area contributed by atoms with Gasteiger partial charge in [-0.25, -0.2) is 9.18 Å². The lowest BCUT2D eigenvalue weighted by molar-refractivity contribution is -0.136. The van der Waals surface area contributed by atoms with E-state index < -0.39 is 11.8 Å². The fourth-order valence-electron chi connectivity index (χ4n) is 3.64. The molecule has 2 aliphatic heterocycles. The summed E-state index contributed by atoms with van der Waals surface area (Å²) in [6.07, 6.45) is 1.07. The predicted octanol–water partition coefficient (Wildman–Crippen LogP) is 3.72. The molecule has 5 heteroatoms. The third-order valence-electron chi connectivity index (χ3n) is 4.97. The number of carbonyl (C=O) groups excluding carboxylic acids is 2. The lowest BCUT2D eigenvalue weighted by atomic mass is 9.83. The molecule has 1 atom stereocenters. The monoisotopic (exact) mass is 351 g/mol. The second kappa shape index (κ2) is 6.41. The maximum absolute atomic E-state index is 13.6. The Morgan fingerprint density at radius 3 is 2.62 bits per heavy atom. The second-order valence-corrected chi connectivity index (χ2v) is 6.50. The van der Waals surface area contributed by atoms with Gasteiger partial charge >= 0.3 is 5.97 Å². The summed E-state index contributed by atoms with van der Waals surface area (Å²) >= 11 is 0. The molecule has 0 N–H and O–H groups in total. The van der Waals surface area contributed by atoms with Crippen LogP contribution in [0.25, 0.3) is 0 Å². The van der Waals surface area contributed by atoms with Crippen LogP contribution in [0, 0.1) is 5.82 Å². The molecule has 0 fully saturated rings. The van der Waals surface area contributed by atoms with E-state index in [0.717, 1.165) is 12.0 Å². The van der Waals surface area contributed by atoms with Crippen LogP contribution in [-0.4, -0.2) is 18.5 Å². The first-order valence-electron chi connectivity index (χ1n) is 8.66. The summed E-state index contributed by atoms with van der Waals surface area (Å²) in [5.74, 6) is -1.33. The Kier molecular flexibility index (Phi) is 4.07. The molecule has 0 spiro atoms. The summed E-state index contributed by atoms with van der Waals surface area (Å²) in [7, 11) is 0. The molecule has 0 radical (unpaired) electrons. The lowest BCUT2D eigenvalue weighted by Gasteiger charge is -2.31. The SMILES string of the molecule is CCc1ccc([C@H]2CC(=O)N(c3cccc(F)c3)C3=C2C(=O)OC3)cc1. The van der Waals surface area contributed by atoms with Crippen molar-refractivity contribution >= 4 is 17.6 Å². The Labute approximate surface area is 150 Å². The Morgan fingerprint density at radius 2 is 1.92 bits per heavy atom. The van der Waals surface area contributed by atoms with Crippen molar-refractivity contribution in [3.05, 3.63) is 76.7 Å². The van der Waals surface area contributed by atoms with Gasteiger partial charge in [-0.3, -0.25) is 9.69 Å². The highest BCUT2D eigenvalue weighted by Crippen LogP contribution is 2.41. The zero-order valence-corrected chi connectivity index (χ0v) is 14.4. The highest BCUT2D eigenvalue weighted by molar-refractivity contribution is 6.06. The number of ether oxygens (including phenoxy) is 1. The van der Waals surface area contributed by atoms with Gasteiger partial charge in [-0.05, 0) is 35.7 Å². The lowest BCUT2D eigenvalue weighted by Crippen LogP contribution is -2.37. The number of nitrogens with zero attached hydrogens (tertiary/aromatic N) is 1. The highest BCUT2D eigenvalue weighted by atomic mass is 19.1. The van der Waals surface area contributed by atoms with Crippen LogP contribution in [-0.2, 0) is 20.7 Å². The Balaban J connectivity index is 1.80. The molecular weight excluding hydrogens is 333 g/mol. The third kappa shape index (κ3) is 2.69. The predicted molar refractivity (Wildman–Crippen MR) is 95.0 cm³/mol. The van der Waals surface area contributed by atoms with Gasteiger partial charge in [0.2, 0.25) is 5.91 Å². The smallest absolute Gasteiger partial charge is 0.336 e. The summed E-state index contributed by atoms with van der Waals surface area (Å²) in [5.41, 5.74) is 3.54. The Morgan fingerprint density at radius 1 is 1.15 bits per heavy atom. The molecule has 0 saturated carbocycles. The number of halogens is 1. The highest BCUT2D eigenvalue weighted by Gasteiger charge is 2.42. The molecule has 26 heavy (non-hydrogen) atoms. The molecule has 2 aliphatic rings. The van der Waals surface area contributed by atoms with Crippen LogP contribution in [0.15, 0.2) is 59.8 Å². The first kappa shape index (κ1) is 16.5. The van der Waals surface area contributed by atoms with E-state index >= 15 is 0 Å². The largest absolute Gasteiger partial charge is 0.456 e. The molecule has 4 nitrogen and oxygen atoms in total. The number of cyclic esters (lactones) is 1. The van der Waals surface area contributed by atoms with Crippen molar-refractivity contribution in [3.8, 4) is 0 Å². The van der Waals surface area contributed by atoms with E-state index in [1.807, 2.05) is 24.3 Å². The number of amides is 1. The van der Waals surface area contributed by atoms with Gasteiger partial charge in [0.25, 0.3) is 0 Å². The number of esters is 1. The molecule has 0 unspecified atom stereocenters. The van der Waals surface area contributed by atoms with E-state index in [9.17, 15) is 14.0 Å². The molecule has 0 aromatic heterocycles. The van der Waals surface area contributed by atoms with E-state index in [0.29, 0.717) is 17.0 Å². The minimum atomic E-state index is -0.431. The number of benzene rings is 2. The summed E-state index contributed by atoms with van der Waals surface area (Å²) in [4.78, 5) is 26.7. The molecular formula is C21H18FNO3. The van der Waals surface area contributed by atoms with Gasteiger partial charge < -0.3 is 4.74 Å². The molecule has 2 aromatic rings. The van der Waals surface area contributed by atoms with Gasteiger partial charge in [-0.15, -0.1) is 0 Å². The van der Waals surface area contributed by atoms with Crippen LogP contribution in [0.2, 0.25) is 0 Å². The van der Waals surface area contributed by atoms with Gasteiger partial charge in [-0.2, -0.15) is 0 Å². The van der Waals surface area contributed by atoms with Crippen LogP contribution in [0.4, 0.5) is 10.1 Å². The van der Waals surface area contributed by atoms with Gasteiger partial charge in [0.15, 0.2) is 0 Å². The Bertz CT molecular complexity index is 917. The van der Waals surface area contributed by atoms with E-state index in [-0.39, 0.29) is 24.9 Å². The molecule has 0 aliphatic carbocycles. The number of aryl methyl sites for hydroxylation is 1. The molecule has 2 heterocycles. The molecule has 2 aromatic carbocycles. The molecule has 132 valence electrons. The van der Waals surface area contributed by atoms with Crippen molar-refractivity contribution in [2.24, 2.45) is 0 Å². The van der Waals surface area contributed by atoms with Crippen LogP contribution < -0.4 is 4.90 Å². The third-order valence-corrected chi connectivity index (χ3v) is 4.97. The number of hydrogen-bond donors (Lipinski definition) is 0. The van der Waals surface area contributed by atoms with Crippen molar-refractivity contribution in [1.29, 1.82) is 0 Å². The van der Waals surface area contributed by atoms with E-state index in [1.54, 1.807) is 12.1 Å². The van der Waals surface area contributed by atoms with Crippen LogP contribution in [0.1, 0.15) is 30.4 Å². The van der Waals surface area contributed by atoms with Gasteiger partial charge in [-0.1, -0.05) is 37.3 Å². The summed E-state index contributed by atoms with van der Waals surface area (Å²) in [6.45, 7) is 2.10. The Hall–Kier alpha value is -2.95. The minimum Gasteiger partial charge on any atom is -0.456 e. The molecule has 4 rings (SSSR count). The van der Waals surface area contributed by atoms with Crippen molar-refractivity contribution in [2.75, 3.05) is 11.5 Å². The standard InChI is InChI=1S/C21H18FNO3/c1-2-13-6-8-14(9-7-13)17-11-19(24)23(16-5-3-4-15(22)10-16)18-12-26-21(25)20(17)18/h3-10,17H,2,11-12H2,1H3/t17-/m1/s1. The van der Waals surface area contributed by atoms with Gasteiger partial charge in [0, 0.05) is 12.3 Å². The molecule has 0 bridgehead atoms. The average Bonchev–Trinajstić information content (AvgIpc) is 3.02. The number of hydrogen-bond acceptors (Lipinski definition) is 3. The van der Waals surface area contributed by atoms with Crippen LogP contribution >= 0.6 is 0 Å². The van der Waals surface area contributed by atoms with E-state index in [2.05, 4.69) is 6.92 Å². The minimum absolute atomic E-state index is 0.0277. The topological polar surface area (TPSA) is 46.6 Å². The number of carbonyl (C=O) groups is 2. The first-order chi connectivity index (χ1) is 12.6. The molecule has 1 amide bonds. The zero-order valence-electron chi connectivity index (χ0n) is 14.4. The quantitative estimate of drug-likeness (QED) is 0.792. The average molecular weight is 351 g/mol. The number of anilines is 1. The zero-order chi connectivity index (χ0) is 18.3. The van der Waals surface area contributed by atoms with Crippen molar-refractivity contribution in [3.63, 3.8) is 0 Å². The van der Waals surface area contributed by atoms with E-state index in [1.165, 1.54) is 22.6 Å².